The van der Waals surface area contributed by atoms with Crippen LogP contribution in [-0.2, 0) is 4.79 Å². The number of allylic oxidation sites excluding steroid dienone is 1. The van der Waals surface area contributed by atoms with Crippen LogP contribution in [-0.4, -0.2) is 27.8 Å². The molecule has 0 bridgehead atoms. The van der Waals surface area contributed by atoms with Crippen LogP contribution in [0, 0.1) is 5.82 Å². The zero-order chi connectivity index (χ0) is 19.7. The van der Waals surface area contributed by atoms with Crippen LogP contribution in [0.2, 0.25) is 0 Å². The molecule has 28 heavy (non-hydrogen) atoms. The van der Waals surface area contributed by atoms with Gasteiger partial charge in [-0.3, -0.25) is 4.79 Å². The number of halogens is 1. The summed E-state index contributed by atoms with van der Waals surface area (Å²) in [7, 11) is 1.53. The van der Waals surface area contributed by atoms with Crippen molar-refractivity contribution in [2.24, 2.45) is 0 Å². The van der Waals surface area contributed by atoms with E-state index in [0.29, 0.717) is 34.2 Å². The molecule has 1 aliphatic rings. The van der Waals surface area contributed by atoms with Gasteiger partial charge in [0.2, 0.25) is 5.95 Å². The lowest BCUT2D eigenvalue weighted by Crippen LogP contribution is -2.32. The molecular weight excluding hydrogens is 361 g/mol. The third-order valence-electron chi connectivity index (χ3n) is 4.59. The lowest BCUT2D eigenvalue weighted by molar-refractivity contribution is -0.113. The molecule has 4 rings (SSSR count). The van der Waals surface area contributed by atoms with E-state index in [1.54, 1.807) is 43.3 Å². The van der Waals surface area contributed by atoms with Gasteiger partial charge in [-0.1, -0.05) is 30.3 Å². The fourth-order valence-electron chi connectivity index (χ4n) is 3.31. The number of rotatable bonds is 4. The minimum absolute atomic E-state index is 0.334. The number of fused-ring (bicyclic) bond motifs is 1. The average molecular weight is 379 g/mol. The molecule has 142 valence electrons. The smallest absolute Gasteiger partial charge is 0.255 e. The highest BCUT2D eigenvalue weighted by Gasteiger charge is 2.35. The summed E-state index contributed by atoms with van der Waals surface area (Å²) >= 11 is 0. The van der Waals surface area contributed by atoms with Gasteiger partial charge < -0.3 is 15.4 Å². The molecule has 1 aliphatic heterocycles. The van der Waals surface area contributed by atoms with E-state index in [2.05, 4.69) is 20.7 Å². The van der Waals surface area contributed by atoms with E-state index in [1.165, 1.54) is 24.2 Å². The molecular formula is C20H18FN5O2. The summed E-state index contributed by atoms with van der Waals surface area (Å²) in [6.45, 7) is 1.75. The van der Waals surface area contributed by atoms with E-state index in [0.717, 1.165) is 0 Å². The number of ether oxygens (including phenoxy) is 1. The molecule has 7 nitrogen and oxygen atoms in total. The van der Waals surface area contributed by atoms with Gasteiger partial charge in [-0.2, -0.15) is 10.1 Å². The monoisotopic (exact) mass is 379 g/mol. The Hall–Kier alpha value is -3.68. The number of benzene rings is 2. The van der Waals surface area contributed by atoms with E-state index in [9.17, 15) is 9.18 Å². The van der Waals surface area contributed by atoms with E-state index in [1.807, 2.05) is 6.07 Å². The molecule has 0 aliphatic carbocycles. The van der Waals surface area contributed by atoms with Crippen molar-refractivity contribution in [3.63, 3.8) is 0 Å². The summed E-state index contributed by atoms with van der Waals surface area (Å²) in [5, 5.41) is 10.1. The summed E-state index contributed by atoms with van der Waals surface area (Å²) in [5.41, 5.74) is 1.77. The first-order chi connectivity index (χ1) is 13.6. The highest BCUT2D eigenvalue weighted by Crippen LogP contribution is 2.36. The lowest BCUT2D eigenvalue weighted by Gasteiger charge is -2.29. The second kappa shape index (κ2) is 7.15. The van der Waals surface area contributed by atoms with Gasteiger partial charge in [-0.15, -0.1) is 0 Å². The molecule has 0 saturated carbocycles. The topological polar surface area (TPSA) is 81.1 Å². The van der Waals surface area contributed by atoms with Gasteiger partial charge in [0, 0.05) is 11.3 Å². The van der Waals surface area contributed by atoms with Crippen molar-refractivity contribution in [3.05, 3.63) is 77.5 Å². The predicted octanol–water partition coefficient (Wildman–Crippen LogP) is 3.35. The number of nitrogens with one attached hydrogen (secondary N) is 2. The Balaban J connectivity index is 1.79. The van der Waals surface area contributed by atoms with Crippen LogP contribution in [0.25, 0.3) is 0 Å². The highest BCUT2D eigenvalue weighted by atomic mass is 19.1. The molecule has 1 aromatic heterocycles. The minimum atomic E-state index is -0.755. The molecule has 3 aromatic rings. The third kappa shape index (κ3) is 2.98. The Morgan fingerprint density at radius 1 is 1.21 bits per heavy atom. The molecule has 0 radical (unpaired) electrons. The van der Waals surface area contributed by atoms with Gasteiger partial charge in [0.25, 0.3) is 5.91 Å². The number of hydrogen-bond acceptors (Lipinski definition) is 5. The van der Waals surface area contributed by atoms with Crippen molar-refractivity contribution in [1.29, 1.82) is 0 Å². The largest absolute Gasteiger partial charge is 0.495 e. The molecule has 0 fully saturated rings. The van der Waals surface area contributed by atoms with Crippen molar-refractivity contribution in [2.45, 2.75) is 13.0 Å². The minimum Gasteiger partial charge on any atom is -0.495 e. The maximum Gasteiger partial charge on any atom is 0.255 e. The van der Waals surface area contributed by atoms with Crippen LogP contribution in [0.4, 0.5) is 16.0 Å². The highest BCUT2D eigenvalue weighted by molar-refractivity contribution is 6.06. The molecule has 1 atom stereocenters. The van der Waals surface area contributed by atoms with Gasteiger partial charge in [0.15, 0.2) is 0 Å². The summed E-state index contributed by atoms with van der Waals surface area (Å²) in [4.78, 5) is 17.4. The van der Waals surface area contributed by atoms with Crippen molar-refractivity contribution in [1.82, 2.24) is 14.8 Å². The third-order valence-corrected chi connectivity index (χ3v) is 4.59. The number of carbonyl (C=O) groups is 1. The van der Waals surface area contributed by atoms with Crippen LogP contribution in [0.1, 0.15) is 18.5 Å². The first kappa shape index (κ1) is 17.7. The summed E-state index contributed by atoms with van der Waals surface area (Å²) in [6.07, 6.45) is 1.37. The number of hydrogen-bond donors (Lipinski definition) is 2. The van der Waals surface area contributed by atoms with Crippen LogP contribution >= 0.6 is 0 Å². The van der Waals surface area contributed by atoms with Gasteiger partial charge >= 0.3 is 0 Å². The van der Waals surface area contributed by atoms with Crippen molar-refractivity contribution >= 4 is 17.5 Å². The van der Waals surface area contributed by atoms with Crippen LogP contribution in [0.15, 0.2) is 66.1 Å². The number of aromatic nitrogens is 3. The second-order valence-corrected chi connectivity index (χ2v) is 6.27. The number of methoxy groups -OCH3 is 1. The Kier molecular flexibility index (Phi) is 4.52. The Bertz CT molecular complexity index is 1080. The molecule has 2 heterocycles. The van der Waals surface area contributed by atoms with Gasteiger partial charge in [0.1, 0.15) is 23.9 Å². The molecule has 1 amide bonds. The Labute approximate surface area is 160 Å². The normalized spacial score (nSPS) is 15.6. The maximum absolute atomic E-state index is 14.6. The van der Waals surface area contributed by atoms with E-state index < -0.39 is 11.9 Å². The van der Waals surface area contributed by atoms with E-state index in [-0.39, 0.29) is 5.91 Å². The van der Waals surface area contributed by atoms with Gasteiger partial charge in [-0.05, 0) is 25.1 Å². The molecule has 2 N–H and O–H groups in total. The first-order valence-corrected chi connectivity index (χ1v) is 8.66. The van der Waals surface area contributed by atoms with E-state index >= 15 is 0 Å². The molecule has 8 heteroatoms. The zero-order valence-corrected chi connectivity index (χ0v) is 15.3. The molecule has 0 spiro atoms. The lowest BCUT2D eigenvalue weighted by atomic mass is 9.94. The van der Waals surface area contributed by atoms with Gasteiger partial charge in [-0.25, -0.2) is 9.07 Å². The van der Waals surface area contributed by atoms with Crippen molar-refractivity contribution in [3.8, 4) is 5.75 Å². The maximum atomic E-state index is 14.6. The zero-order valence-electron chi connectivity index (χ0n) is 15.3. The molecule has 1 unspecified atom stereocenters. The number of carbonyl (C=O) groups excluding carboxylic acids is 1. The van der Waals surface area contributed by atoms with Crippen LogP contribution in [0.3, 0.4) is 0 Å². The second-order valence-electron chi connectivity index (χ2n) is 6.27. The van der Waals surface area contributed by atoms with Crippen LogP contribution < -0.4 is 15.4 Å². The van der Waals surface area contributed by atoms with Crippen molar-refractivity contribution < 1.29 is 13.9 Å². The SMILES string of the molecule is COc1ccccc1NC(=O)C1=C(C)Nc2ncnn2C1c1ccccc1F. The number of nitrogens with zero attached hydrogens (tertiary/aromatic N) is 3. The average Bonchev–Trinajstić information content (AvgIpc) is 3.16. The van der Waals surface area contributed by atoms with Crippen LogP contribution in [0.5, 0.6) is 5.75 Å². The quantitative estimate of drug-likeness (QED) is 0.727. The number of amides is 1. The standard InChI is InChI=1S/C20H18FN5O2/c1-12-17(19(27)25-15-9-5-6-10-16(15)28-2)18(13-7-3-4-8-14(13)21)26-20(24-12)22-11-23-26/h3-11,18H,1-2H3,(H,25,27)(H,22,23,24). The fraction of sp³-hybridized carbons (Fsp3) is 0.150. The van der Waals surface area contributed by atoms with Gasteiger partial charge in [0.05, 0.1) is 18.4 Å². The Morgan fingerprint density at radius 2 is 1.96 bits per heavy atom. The van der Waals surface area contributed by atoms with Crippen molar-refractivity contribution in [2.75, 3.05) is 17.7 Å². The molecule has 0 saturated heterocycles. The fourth-order valence-corrected chi connectivity index (χ4v) is 3.31. The number of anilines is 2. The summed E-state index contributed by atoms with van der Waals surface area (Å²) in [5.74, 6) is 0.163. The summed E-state index contributed by atoms with van der Waals surface area (Å²) in [6, 6.07) is 12.7. The predicted molar refractivity (Wildman–Crippen MR) is 103 cm³/mol. The first-order valence-electron chi connectivity index (χ1n) is 8.66. The summed E-state index contributed by atoms with van der Waals surface area (Å²) < 4.78 is 21.4. The molecule has 2 aromatic carbocycles. The number of para-hydroxylation sites is 2. The van der Waals surface area contributed by atoms with E-state index in [4.69, 9.17) is 4.74 Å². The Morgan fingerprint density at radius 3 is 2.75 bits per heavy atom.